The zero-order valence-corrected chi connectivity index (χ0v) is 15.2. The van der Waals surface area contributed by atoms with E-state index < -0.39 is 17.9 Å². The Morgan fingerprint density at radius 1 is 1.42 bits per heavy atom. The minimum absolute atomic E-state index is 0.195. The summed E-state index contributed by atoms with van der Waals surface area (Å²) in [4.78, 5) is 41.8. The van der Waals surface area contributed by atoms with Crippen molar-refractivity contribution in [1.29, 1.82) is 0 Å². The first kappa shape index (κ1) is 18.1. The summed E-state index contributed by atoms with van der Waals surface area (Å²) in [5.41, 5.74) is 0.383. The molecule has 0 spiro atoms. The van der Waals surface area contributed by atoms with Crippen LogP contribution in [0.5, 0.6) is 0 Å². The summed E-state index contributed by atoms with van der Waals surface area (Å²) in [6, 6.07) is -0.720. The molecular weight excluding hydrogens is 330 g/mol. The molecule has 2 aromatic rings. The molecule has 0 saturated carbocycles. The molecule has 130 valence electrons. The quantitative estimate of drug-likeness (QED) is 0.827. The molecule has 24 heavy (non-hydrogen) atoms. The van der Waals surface area contributed by atoms with Gasteiger partial charge in [0.2, 0.25) is 0 Å². The van der Waals surface area contributed by atoms with Gasteiger partial charge in [0.25, 0.3) is 11.5 Å². The van der Waals surface area contributed by atoms with E-state index >= 15 is 0 Å². The third kappa shape index (κ3) is 3.48. The number of fused-ring (bicyclic) bond motifs is 1. The van der Waals surface area contributed by atoms with Gasteiger partial charge in [0.15, 0.2) is 0 Å². The lowest BCUT2D eigenvalue weighted by Crippen LogP contribution is -2.42. The first-order valence-corrected chi connectivity index (χ1v) is 8.41. The van der Waals surface area contributed by atoms with Gasteiger partial charge in [-0.3, -0.25) is 9.59 Å². The van der Waals surface area contributed by atoms with Gasteiger partial charge in [0.1, 0.15) is 10.9 Å². The fourth-order valence-corrected chi connectivity index (χ4v) is 3.52. The van der Waals surface area contributed by atoms with Crippen molar-refractivity contribution in [1.82, 2.24) is 14.9 Å². The third-order valence-corrected chi connectivity index (χ3v) is 4.91. The van der Waals surface area contributed by atoms with Crippen LogP contribution in [0.4, 0.5) is 0 Å². The summed E-state index contributed by atoms with van der Waals surface area (Å²) in [5, 5.41) is 3.15. The van der Waals surface area contributed by atoms with Gasteiger partial charge in [-0.15, -0.1) is 11.3 Å². The number of aryl methyl sites for hydroxylation is 2. The van der Waals surface area contributed by atoms with E-state index in [1.807, 2.05) is 13.8 Å². The molecule has 0 aromatic carbocycles. The topological polar surface area (TPSA) is 90.3 Å². The number of thiophene rings is 1. The summed E-state index contributed by atoms with van der Waals surface area (Å²) < 4.78 is 6.13. The van der Waals surface area contributed by atoms with E-state index in [0.717, 1.165) is 11.3 Å². The summed E-state index contributed by atoms with van der Waals surface area (Å²) in [6.45, 7) is 5.63. The van der Waals surface area contributed by atoms with E-state index in [4.69, 9.17) is 4.74 Å². The van der Waals surface area contributed by atoms with Crippen LogP contribution in [0.1, 0.15) is 35.5 Å². The largest absolute Gasteiger partial charge is 0.467 e. The Labute approximate surface area is 143 Å². The number of methoxy groups -OCH3 is 1. The minimum Gasteiger partial charge on any atom is -0.467 e. The van der Waals surface area contributed by atoms with Crippen LogP contribution in [-0.4, -0.2) is 34.6 Å². The van der Waals surface area contributed by atoms with E-state index in [1.165, 1.54) is 18.0 Å². The van der Waals surface area contributed by atoms with Crippen LogP contribution in [0.3, 0.4) is 0 Å². The molecule has 0 bridgehead atoms. The van der Waals surface area contributed by atoms with Gasteiger partial charge < -0.3 is 14.6 Å². The highest BCUT2D eigenvalue weighted by atomic mass is 32.1. The van der Waals surface area contributed by atoms with Crippen LogP contribution in [0.25, 0.3) is 10.2 Å². The van der Waals surface area contributed by atoms with Crippen molar-refractivity contribution in [3.63, 3.8) is 0 Å². The lowest BCUT2D eigenvalue weighted by atomic mass is 10.0. The molecular formula is C16H21N3O4S. The van der Waals surface area contributed by atoms with Gasteiger partial charge in [0.05, 0.1) is 23.7 Å². The van der Waals surface area contributed by atoms with Crippen molar-refractivity contribution in [3.8, 4) is 0 Å². The maximum Gasteiger partial charge on any atom is 0.328 e. The van der Waals surface area contributed by atoms with Crippen LogP contribution in [0, 0.1) is 12.8 Å². The molecule has 8 heteroatoms. The second kappa shape index (κ2) is 7.12. The van der Waals surface area contributed by atoms with Crippen LogP contribution >= 0.6 is 11.3 Å². The fraction of sp³-hybridized carbons (Fsp3) is 0.500. The van der Waals surface area contributed by atoms with E-state index in [2.05, 4.69) is 10.3 Å². The second-order valence-corrected chi connectivity index (χ2v) is 7.07. The predicted molar refractivity (Wildman–Crippen MR) is 92.3 cm³/mol. The Morgan fingerprint density at radius 2 is 2.08 bits per heavy atom. The van der Waals surface area contributed by atoms with E-state index in [9.17, 15) is 14.4 Å². The summed E-state index contributed by atoms with van der Waals surface area (Å²) in [6.07, 6.45) is 1.90. The summed E-state index contributed by atoms with van der Waals surface area (Å²) >= 11 is 1.15. The maximum atomic E-state index is 12.6. The molecule has 0 aliphatic heterocycles. The SMILES string of the molecule is COC(=O)C(CC(C)C)NC(=O)c1sc2ncn(C)c(=O)c2c1C. The first-order valence-electron chi connectivity index (χ1n) is 7.59. The molecule has 1 atom stereocenters. The number of ether oxygens (including phenoxy) is 1. The van der Waals surface area contributed by atoms with Crippen molar-refractivity contribution in [2.75, 3.05) is 7.11 Å². The number of esters is 1. The Kier molecular flexibility index (Phi) is 5.38. The molecule has 1 amide bonds. The molecule has 0 radical (unpaired) electrons. The Morgan fingerprint density at radius 3 is 2.67 bits per heavy atom. The van der Waals surface area contributed by atoms with E-state index in [-0.39, 0.29) is 11.5 Å². The standard InChI is InChI=1S/C16H21N3O4S/c1-8(2)6-10(16(22)23-5)18-13(20)12-9(3)11-14(24-12)17-7-19(4)15(11)21/h7-8,10H,6H2,1-5H3,(H,18,20). The molecule has 0 saturated heterocycles. The van der Waals surface area contributed by atoms with Gasteiger partial charge in [-0.2, -0.15) is 0 Å². The molecule has 1 N–H and O–H groups in total. The van der Waals surface area contributed by atoms with Crippen molar-refractivity contribution in [3.05, 3.63) is 27.1 Å². The van der Waals surface area contributed by atoms with Crippen molar-refractivity contribution in [2.45, 2.75) is 33.2 Å². The number of amides is 1. The van der Waals surface area contributed by atoms with Crippen LogP contribution in [0.2, 0.25) is 0 Å². The highest BCUT2D eigenvalue weighted by molar-refractivity contribution is 7.20. The number of aromatic nitrogens is 2. The van der Waals surface area contributed by atoms with E-state index in [0.29, 0.717) is 27.1 Å². The molecule has 2 heterocycles. The summed E-state index contributed by atoms with van der Waals surface area (Å²) in [5.74, 6) is -0.662. The maximum absolute atomic E-state index is 12.6. The fourth-order valence-electron chi connectivity index (χ4n) is 2.48. The van der Waals surface area contributed by atoms with Gasteiger partial charge in [-0.05, 0) is 24.8 Å². The third-order valence-electron chi connectivity index (χ3n) is 3.71. The lowest BCUT2D eigenvalue weighted by molar-refractivity contribution is -0.143. The average molecular weight is 351 g/mol. The normalized spacial score (nSPS) is 12.4. The van der Waals surface area contributed by atoms with Gasteiger partial charge in [0, 0.05) is 7.05 Å². The van der Waals surface area contributed by atoms with Crippen LogP contribution in [0.15, 0.2) is 11.1 Å². The minimum atomic E-state index is -0.720. The van der Waals surface area contributed by atoms with Gasteiger partial charge >= 0.3 is 5.97 Å². The number of hydrogen-bond donors (Lipinski definition) is 1. The molecule has 2 rings (SSSR count). The predicted octanol–water partition coefficient (Wildman–Crippen LogP) is 1.62. The zero-order chi connectivity index (χ0) is 18.0. The number of nitrogens with one attached hydrogen (secondary N) is 1. The van der Waals surface area contributed by atoms with Crippen molar-refractivity contribution >= 4 is 33.4 Å². The van der Waals surface area contributed by atoms with Crippen molar-refractivity contribution in [2.24, 2.45) is 13.0 Å². The Bertz CT molecular complexity index is 838. The highest BCUT2D eigenvalue weighted by Gasteiger charge is 2.26. The molecule has 0 aliphatic rings. The monoisotopic (exact) mass is 351 g/mol. The number of carbonyl (C=O) groups is 2. The van der Waals surface area contributed by atoms with Crippen LogP contribution in [-0.2, 0) is 16.6 Å². The molecule has 7 nitrogen and oxygen atoms in total. The highest BCUT2D eigenvalue weighted by Crippen LogP contribution is 2.26. The molecule has 0 aliphatic carbocycles. The second-order valence-electron chi connectivity index (χ2n) is 6.08. The first-order chi connectivity index (χ1) is 11.3. The van der Waals surface area contributed by atoms with Gasteiger partial charge in [-0.25, -0.2) is 9.78 Å². The summed E-state index contributed by atoms with van der Waals surface area (Å²) in [7, 11) is 2.90. The number of rotatable bonds is 5. The molecule has 1 unspecified atom stereocenters. The van der Waals surface area contributed by atoms with E-state index in [1.54, 1.807) is 14.0 Å². The lowest BCUT2D eigenvalue weighted by Gasteiger charge is -2.18. The molecule has 0 fully saturated rings. The smallest absolute Gasteiger partial charge is 0.328 e. The number of carbonyl (C=O) groups excluding carboxylic acids is 2. The number of nitrogens with zero attached hydrogens (tertiary/aromatic N) is 2. The van der Waals surface area contributed by atoms with Crippen molar-refractivity contribution < 1.29 is 14.3 Å². The molecule has 2 aromatic heterocycles. The Balaban J connectivity index is 2.37. The Hall–Kier alpha value is -2.22. The van der Waals surface area contributed by atoms with Gasteiger partial charge in [-0.1, -0.05) is 13.8 Å². The van der Waals surface area contributed by atoms with Crippen LogP contribution < -0.4 is 10.9 Å². The average Bonchev–Trinajstić information content (AvgIpc) is 2.86. The zero-order valence-electron chi connectivity index (χ0n) is 14.4. The number of hydrogen-bond acceptors (Lipinski definition) is 6.